The van der Waals surface area contributed by atoms with E-state index in [1.54, 1.807) is 31.2 Å². The van der Waals surface area contributed by atoms with Crippen molar-refractivity contribution in [3.05, 3.63) is 90.0 Å². The first kappa shape index (κ1) is 22.8. The van der Waals surface area contributed by atoms with Crippen molar-refractivity contribution in [1.29, 1.82) is 0 Å². The van der Waals surface area contributed by atoms with Gasteiger partial charge in [0.25, 0.3) is 0 Å². The molecule has 0 aliphatic rings. The molecule has 4 nitrogen and oxygen atoms in total. The van der Waals surface area contributed by atoms with Gasteiger partial charge >= 0.3 is 5.97 Å². The van der Waals surface area contributed by atoms with Crippen molar-refractivity contribution >= 4 is 38.5 Å². The number of hydrogen-bond acceptors (Lipinski definition) is 3. The molecule has 0 amide bonds. The van der Waals surface area contributed by atoms with Gasteiger partial charge in [0.2, 0.25) is 6.43 Å². The summed E-state index contributed by atoms with van der Waals surface area (Å²) in [6, 6.07) is 24.2. The lowest BCUT2D eigenvalue weighted by Gasteiger charge is -2.34. The van der Waals surface area contributed by atoms with Crippen molar-refractivity contribution in [2.45, 2.75) is 25.2 Å². The minimum absolute atomic E-state index is 0.0617. The molecule has 0 radical (unpaired) electrons. The zero-order valence-electron chi connectivity index (χ0n) is 19.5. The lowest BCUT2D eigenvalue weighted by molar-refractivity contribution is -0.150. The molecular formula is C29H25F2NO3. The molecule has 1 atom stereocenters. The van der Waals surface area contributed by atoms with Crippen molar-refractivity contribution < 1.29 is 23.0 Å². The molecule has 35 heavy (non-hydrogen) atoms. The van der Waals surface area contributed by atoms with Crippen LogP contribution in [0.2, 0.25) is 0 Å². The second-order valence-electron chi connectivity index (χ2n) is 8.52. The second-order valence-corrected chi connectivity index (χ2v) is 8.52. The number of aromatic amines is 1. The Balaban J connectivity index is 1.93. The fourth-order valence-corrected chi connectivity index (χ4v) is 5.13. The van der Waals surface area contributed by atoms with Crippen LogP contribution in [-0.2, 0) is 14.9 Å². The quantitative estimate of drug-likeness (QED) is 0.259. The van der Waals surface area contributed by atoms with E-state index in [-0.39, 0.29) is 6.61 Å². The number of methoxy groups -OCH3 is 1. The molecule has 1 unspecified atom stereocenters. The van der Waals surface area contributed by atoms with E-state index in [0.29, 0.717) is 22.3 Å². The summed E-state index contributed by atoms with van der Waals surface area (Å²) in [4.78, 5) is 17.2. The van der Waals surface area contributed by atoms with Gasteiger partial charge in [-0.25, -0.2) is 8.78 Å². The van der Waals surface area contributed by atoms with Crippen molar-refractivity contribution in [1.82, 2.24) is 4.98 Å². The average molecular weight is 474 g/mol. The van der Waals surface area contributed by atoms with E-state index in [2.05, 4.69) is 4.98 Å². The molecule has 1 N–H and O–H groups in total. The molecule has 6 heteroatoms. The number of rotatable bonds is 7. The van der Waals surface area contributed by atoms with E-state index in [1.165, 1.54) is 7.11 Å². The normalized spacial score (nSPS) is 13.4. The maximum Gasteiger partial charge on any atom is 0.321 e. The fraction of sp³-hybridized carbons (Fsp3) is 0.207. The van der Waals surface area contributed by atoms with E-state index in [0.717, 1.165) is 27.2 Å². The number of fused-ring (bicyclic) bond motifs is 4. The van der Waals surface area contributed by atoms with Crippen LogP contribution in [0.3, 0.4) is 0 Å². The van der Waals surface area contributed by atoms with Gasteiger partial charge in [-0.2, -0.15) is 0 Å². The van der Waals surface area contributed by atoms with Gasteiger partial charge in [-0.05, 0) is 35.4 Å². The molecule has 178 valence electrons. The third-order valence-electron chi connectivity index (χ3n) is 6.62. The molecule has 0 aliphatic heterocycles. The van der Waals surface area contributed by atoms with Crippen LogP contribution in [0.5, 0.6) is 5.75 Å². The van der Waals surface area contributed by atoms with Crippen LogP contribution >= 0.6 is 0 Å². The molecule has 0 fully saturated rings. The SMILES string of the molecule is CCOC(=O)C(CC(F)F)(c1cc2c(cc1OC)[nH]c1ccccc12)c1cccc2ccccc12. The molecule has 0 saturated carbocycles. The number of para-hydroxylation sites is 1. The van der Waals surface area contributed by atoms with Gasteiger partial charge in [-0.15, -0.1) is 0 Å². The first-order valence-electron chi connectivity index (χ1n) is 11.5. The number of aromatic nitrogens is 1. The number of benzene rings is 4. The monoisotopic (exact) mass is 473 g/mol. The number of H-pyrrole nitrogens is 1. The Morgan fingerprint density at radius 2 is 1.60 bits per heavy atom. The summed E-state index contributed by atoms with van der Waals surface area (Å²) in [6.07, 6.45) is -3.52. The summed E-state index contributed by atoms with van der Waals surface area (Å²) in [5.74, 6) is -0.389. The Morgan fingerprint density at radius 3 is 2.34 bits per heavy atom. The van der Waals surface area contributed by atoms with Gasteiger partial charge in [-0.3, -0.25) is 4.79 Å². The highest BCUT2D eigenvalue weighted by atomic mass is 19.3. The summed E-state index contributed by atoms with van der Waals surface area (Å²) in [6.45, 7) is 1.74. The summed E-state index contributed by atoms with van der Waals surface area (Å²) in [7, 11) is 1.48. The van der Waals surface area contributed by atoms with Crippen molar-refractivity contribution in [3.63, 3.8) is 0 Å². The van der Waals surface area contributed by atoms with E-state index >= 15 is 0 Å². The Bertz CT molecular complexity index is 1540. The van der Waals surface area contributed by atoms with Crippen LogP contribution in [0.4, 0.5) is 8.78 Å². The van der Waals surface area contributed by atoms with Crippen LogP contribution in [0.25, 0.3) is 32.6 Å². The third-order valence-corrected chi connectivity index (χ3v) is 6.62. The summed E-state index contributed by atoms with van der Waals surface area (Å²) in [5, 5.41) is 3.31. The molecule has 0 saturated heterocycles. The highest BCUT2D eigenvalue weighted by Crippen LogP contribution is 2.47. The van der Waals surface area contributed by atoms with Crippen LogP contribution in [0.15, 0.2) is 78.9 Å². The number of halogens is 2. The van der Waals surface area contributed by atoms with Crippen LogP contribution < -0.4 is 4.74 Å². The van der Waals surface area contributed by atoms with E-state index in [4.69, 9.17) is 9.47 Å². The molecule has 0 aliphatic carbocycles. The number of carbonyl (C=O) groups excluding carboxylic acids is 1. The van der Waals surface area contributed by atoms with Crippen LogP contribution in [0, 0.1) is 0 Å². The predicted octanol–water partition coefficient (Wildman–Crippen LogP) is 6.99. The Hall–Kier alpha value is -3.93. The second kappa shape index (κ2) is 9.02. The first-order valence-corrected chi connectivity index (χ1v) is 11.5. The number of ether oxygens (including phenoxy) is 2. The molecule has 4 aromatic carbocycles. The van der Waals surface area contributed by atoms with Crippen molar-refractivity contribution in [2.24, 2.45) is 0 Å². The zero-order chi connectivity index (χ0) is 24.6. The van der Waals surface area contributed by atoms with Gasteiger partial charge in [0.15, 0.2) is 0 Å². The number of carbonyl (C=O) groups is 1. The number of alkyl halides is 2. The molecule has 5 rings (SSSR count). The standard InChI is InChI=1S/C29H25F2NO3/c1-3-35-28(33)29(17-27(30)31,22-13-8-10-18-9-4-5-11-19(18)22)23-15-21-20-12-6-7-14-24(20)32-25(21)16-26(23)34-2/h4-16,27,32H,3,17H2,1-2H3. The summed E-state index contributed by atoms with van der Waals surface area (Å²) < 4.78 is 40.0. The van der Waals surface area contributed by atoms with E-state index < -0.39 is 24.2 Å². The smallest absolute Gasteiger partial charge is 0.321 e. The average Bonchev–Trinajstić information content (AvgIpc) is 3.23. The van der Waals surface area contributed by atoms with Crippen molar-refractivity contribution in [3.8, 4) is 5.75 Å². The summed E-state index contributed by atoms with van der Waals surface area (Å²) >= 11 is 0. The molecule has 5 aromatic rings. The zero-order valence-corrected chi connectivity index (χ0v) is 19.5. The topological polar surface area (TPSA) is 51.3 Å². The number of hydrogen-bond donors (Lipinski definition) is 1. The van der Waals surface area contributed by atoms with Crippen molar-refractivity contribution in [2.75, 3.05) is 13.7 Å². The summed E-state index contributed by atoms with van der Waals surface area (Å²) in [5.41, 5.74) is 0.726. The predicted molar refractivity (Wildman–Crippen MR) is 134 cm³/mol. The minimum atomic E-state index is -2.78. The minimum Gasteiger partial charge on any atom is -0.496 e. The van der Waals surface area contributed by atoms with E-state index in [9.17, 15) is 13.6 Å². The van der Waals surface area contributed by atoms with Crippen LogP contribution in [-0.4, -0.2) is 31.1 Å². The molecule has 0 bridgehead atoms. The Morgan fingerprint density at radius 1 is 0.886 bits per heavy atom. The molecule has 0 spiro atoms. The Labute approximate surface area is 201 Å². The largest absolute Gasteiger partial charge is 0.496 e. The van der Waals surface area contributed by atoms with Gasteiger partial charge < -0.3 is 14.5 Å². The lowest BCUT2D eigenvalue weighted by atomic mass is 9.69. The lowest BCUT2D eigenvalue weighted by Crippen LogP contribution is -2.41. The fourth-order valence-electron chi connectivity index (χ4n) is 5.13. The molecule has 1 heterocycles. The first-order chi connectivity index (χ1) is 17.0. The number of esters is 1. The van der Waals surface area contributed by atoms with E-state index in [1.807, 2.05) is 54.6 Å². The number of nitrogens with one attached hydrogen (secondary N) is 1. The maximum atomic E-state index is 14.4. The van der Waals surface area contributed by atoms with Gasteiger partial charge in [0.05, 0.1) is 19.2 Å². The van der Waals surface area contributed by atoms with Gasteiger partial charge in [0.1, 0.15) is 11.2 Å². The molecule has 1 aromatic heterocycles. The van der Waals surface area contributed by atoms with Gasteiger partial charge in [0, 0.05) is 34.3 Å². The highest BCUT2D eigenvalue weighted by molar-refractivity contribution is 6.09. The third kappa shape index (κ3) is 3.70. The molecular weight excluding hydrogens is 448 g/mol. The highest BCUT2D eigenvalue weighted by Gasteiger charge is 2.48. The maximum absolute atomic E-state index is 14.4. The van der Waals surface area contributed by atoms with Gasteiger partial charge in [-0.1, -0.05) is 60.7 Å². The van der Waals surface area contributed by atoms with Crippen LogP contribution in [0.1, 0.15) is 24.5 Å². The Kier molecular flexibility index (Phi) is 5.89.